The second-order valence-corrected chi connectivity index (χ2v) is 2.00. The van der Waals surface area contributed by atoms with Crippen molar-refractivity contribution in [2.45, 2.75) is 13.3 Å². The van der Waals surface area contributed by atoms with E-state index in [1.54, 1.807) is 11.1 Å². The molecule has 0 bridgehead atoms. The van der Waals surface area contributed by atoms with E-state index in [0.29, 0.717) is 0 Å². The van der Waals surface area contributed by atoms with Gasteiger partial charge in [-0.05, 0) is 12.5 Å². The number of hydrazone groups is 1. The van der Waals surface area contributed by atoms with Crippen molar-refractivity contribution in [3.05, 3.63) is 12.7 Å². The molecule has 0 N–H and O–H groups in total. The van der Waals surface area contributed by atoms with Gasteiger partial charge in [-0.3, -0.25) is 0 Å². The van der Waals surface area contributed by atoms with Gasteiger partial charge in [-0.2, -0.15) is 5.10 Å². The summed E-state index contributed by atoms with van der Waals surface area (Å²) >= 11 is 0. The molecule has 0 saturated carbocycles. The lowest BCUT2D eigenvalue weighted by Gasteiger charge is -2.04. The summed E-state index contributed by atoms with van der Waals surface area (Å²) in [6, 6.07) is 0. The topological polar surface area (TPSA) is 15.6 Å². The average molecular weight is 126 g/mol. The molecule has 0 radical (unpaired) electrons. The maximum absolute atomic E-state index is 4.15. The van der Waals surface area contributed by atoms with Gasteiger partial charge in [-0.1, -0.05) is 13.5 Å². The van der Waals surface area contributed by atoms with Gasteiger partial charge >= 0.3 is 0 Å². The van der Waals surface area contributed by atoms with Crippen molar-refractivity contribution in [2.75, 3.05) is 14.1 Å². The smallest absolute Gasteiger partial charge is 0.0596 e. The fraction of sp³-hybridized carbons (Fsp3) is 0.571. The first-order chi connectivity index (χ1) is 4.20. The lowest BCUT2D eigenvalue weighted by atomic mass is 10.3. The Bertz CT molecular complexity index is 114. The summed E-state index contributed by atoms with van der Waals surface area (Å²) in [6.07, 6.45) is 2.72. The van der Waals surface area contributed by atoms with Gasteiger partial charge in [-0.15, -0.1) is 0 Å². The minimum absolute atomic E-state index is 0.946. The van der Waals surface area contributed by atoms with E-state index in [1.807, 2.05) is 14.1 Å². The summed E-state index contributed by atoms with van der Waals surface area (Å²) in [5.41, 5.74) is 1.03. The van der Waals surface area contributed by atoms with Gasteiger partial charge in [0, 0.05) is 14.1 Å². The van der Waals surface area contributed by atoms with E-state index < -0.39 is 0 Å². The Morgan fingerprint density at radius 2 is 2.22 bits per heavy atom. The van der Waals surface area contributed by atoms with Crippen molar-refractivity contribution >= 4 is 5.71 Å². The number of hydrogen-bond acceptors (Lipinski definition) is 2. The number of hydrogen-bond donors (Lipinski definition) is 0. The van der Waals surface area contributed by atoms with Crippen LogP contribution in [0.3, 0.4) is 0 Å². The number of allylic oxidation sites excluding steroid dienone is 1. The van der Waals surface area contributed by atoms with Crippen LogP contribution in [0.15, 0.2) is 17.8 Å². The molecule has 0 aromatic carbocycles. The lowest BCUT2D eigenvalue weighted by molar-refractivity contribution is 0.437. The molecule has 0 amide bonds. The van der Waals surface area contributed by atoms with Crippen molar-refractivity contribution in [2.24, 2.45) is 5.10 Å². The largest absolute Gasteiger partial charge is 0.303 e. The summed E-state index contributed by atoms with van der Waals surface area (Å²) in [5, 5.41) is 5.92. The highest BCUT2D eigenvalue weighted by atomic mass is 15.4. The Hall–Kier alpha value is -0.790. The van der Waals surface area contributed by atoms with Gasteiger partial charge in [0.2, 0.25) is 0 Å². The molecule has 0 atom stereocenters. The first-order valence-corrected chi connectivity index (χ1v) is 3.08. The number of rotatable bonds is 3. The van der Waals surface area contributed by atoms with E-state index in [4.69, 9.17) is 0 Å². The molecular formula is C7H14N2. The zero-order valence-corrected chi connectivity index (χ0v) is 6.39. The van der Waals surface area contributed by atoms with Crippen LogP contribution < -0.4 is 0 Å². The Balaban J connectivity index is 3.90. The van der Waals surface area contributed by atoms with Crippen LogP contribution in [0.2, 0.25) is 0 Å². The molecule has 0 heterocycles. The van der Waals surface area contributed by atoms with E-state index in [2.05, 4.69) is 18.6 Å². The maximum Gasteiger partial charge on any atom is 0.0596 e. The minimum atomic E-state index is 0.946. The molecule has 0 aromatic rings. The maximum atomic E-state index is 4.15. The molecule has 0 saturated heterocycles. The standard InChI is InChI=1S/C7H14N2/c1-5-7(6-2)8-9(3)4/h5H,1,6H2,2-4H3/b8-7-. The van der Waals surface area contributed by atoms with Crippen molar-refractivity contribution in [3.63, 3.8) is 0 Å². The molecule has 0 aliphatic carbocycles. The van der Waals surface area contributed by atoms with E-state index in [1.165, 1.54) is 0 Å². The molecule has 2 nitrogen and oxygen atoms in total. The molecule has 52 valence electrons. The Labute approximate surface area is 56.9 Å². The minimum Gasteiger partial charge on any atom is -0.303 e. The van der Waals surface area contributed by atoms with Crippen LogP contribution in [0.5, 0.6) is 0 Å². The quantitative estimate of drug-likeness (QED) is 0.413. The summed E-state index contributed by atoms with van der Waals surface area (Å²) < 4.78 is 0. The summed E-state index contributed by atoms with van der Waals surface area (Å²) in [7, 11) is 3.80. The van der Waals surface area contributed by atoms with E-state index in [-0.39, 0.29) is 0 Å². The van der Waals surface area contributed by atoms with Crippen LogP contribution in [0.1, 0.15) is 13.3 Å². The summed E-state index contributed by atoms with van der Waals surface area (Å²) in [4.78, 5) is 0. The molecule has 0 aromatic heterocycles. The van der Waals surface area contributed by atoms with Gasteiger partial charge in [0.15, 0.2) is 0 Å². The van der Waals surface area contributed by atoms with Crippen molar-refractivity contribution < 1.29 is 0 Å². The molecule has 9 heavy (non-hydrogen) atoms. The predicted octanol–water partition coefficient (Wildman–Crippen LogP) is 1.50. The third kappa shape index (κ3) is 3.76. The van der Waals surface area contributed by atoms with Crippen molar-refractivity contribution in [1.29, 1.82) is 0 Å². The fourth-order valence-corrected chi connectivity index (χ4v) is 0.513. The Morgan fingerprint density at radius 1 is 1.67 bits per heavy atom. The zero-order valence-electron chi connectivity index (χ0n) is 6.39. The first kappa shape index (κ1) is 8.21. The van der Waals surface area contributed by atoms with Gasteiger partial charge in [-0.25, -0.2) is 0 Å². The SMILES string of the molecule is C=C/C(CC)=N/N(C)C. The molecular weight excluding hydrogens is 112 g/mol. The van der Waals surface area contributed by atoms with Crippen molar-refractivity contribution in [3.8, 4) is 0 Å². The summed E-state index contributed by atoms with van der Waals surface area (Å²) in [5.74, 6) is 0. The first-order valence-electron chi connectivity index (χ1n) is 3.08. The van der Waals surface area contributed by atoms with E-state index in [9.17, 15) is 0 Å². The van der Waals surface area contributed by atoms with E-state index >= 15 is 0 Å². The van der Waals surface area contributed by atoms with Crippen LogP contribution in [0.25, 0.3) is 0 Å². The molecule has 0 aliphatic rings. The van der Waals surface area contributed by atoms with Crippen LogP contribution in [-0.2, 0) is 0 Å². The average Bonchev–Trinajstić information content (AvgIpc) is 1.82. The predicted molar refractivity (Wildman–Crippen MR) is 41.6 cm³/mol. The molecule has 0 aliphatic heterocycles. The highest BCUT2D eigenvalue weighted by Gasteiger charge is 1.86. The molecule has 2 heteroatoms. The van der Waals surface area contributed by atoms with Gasteiger partial charge in [0.25, 0.3) is 0 Å². The van der Waals surface area contributed by atoms with Gasteiger partial charge < -0.3 is 5.01 Å². The van der Waals surface area contributed by atoms with Crippen LogP contribution >= 0.6 is 0 Å². The Kier molecular flexibility index (Phi) is 3.76. The monoisotopic (exact) mass is 126 g/mol. The second kappa shape index (κ2) is 4.13. The van der Waals surface area contributed by atoms with Crippen LogP contribution in [-0.4, -0.2) is 24.8 Å². The third-order valence-corrected chi connectivity index (χ3v) is 0.926. The van der Waals surface area contributed by atoms with Gasteiger partial charge in [0.05, 0.1) is 5.71 Å². The normalized spacial score (nSPS) is 11.2. The van der Waals surface area contributed by atoms with Crippen LogP contribution in [0.4, 0.5) is 0 Å². The fourth-order valence-electron chi connectivity index (χ4n) is 0.513. The lowest BCUT2D eigenvalue weighted by Crippen LogP contribution is -2.05. The molecule has 0 rings (SSSR count). The summed E-state index contributed by atoms with van der Waals surface area (Å²) in [6.45, 7) is 5.69. The third-order valence-electron chi connectivity index (χ3n) is 0.926. The van der Waals surface area contributed by atoms with E-state index in [0.717, 1.165) is 12.1 Å². The Morgan fingerprint density at radius 3 is 2.33 bits per heavy atom. The zero-order chi connectivity index (χ0) is 7.28. The van der Waals surface area contributed by atoms with Crippen molar-refractivity contribution in [1.82, 2.24) is 5.01 Å². The highest BCUT2D eigenvalue weighted by molar-refractivity contribution is 5.93. The molecule has 0 fully saturated rings. The van der Waals surface area contributed by atoms with Gasteiger partial charge in [0.1, 0.15) is 0 Å². The van der Waals surface area contributed by atoms with Crippen LogP contribution in [0, 0.1) is 0 Å². The molecule has 0 spiro atoms. The second-order valence-electron chi connectivity index (χ2n) is 2.00. The number of nitrogens with zero attached hydrogens (tertiary/aromatic N) is 2. The molecule has 0 unspecified atom stereocenters. The highest BCUT2D eigenvalue weighted by Crippen LogP contribution is 1.88.